The Morgan fingerprint density at radius 2 is 1.70 bits per heavy atom. The second-order valence-corrected chi connectivity index (χ2v) is 6.63. The van der Waals surface area contributed by atoms with Crippen LogP contribution in [0.4, 0.5) is 5.69 Å². The first-order valence-corrected chi connectivity index (χ1v) is 8.22. The summed E-state index contributed by atoms with van der Waals surface area (Å²) in [5.74, 6) is 0. The van der Waals surface area contributed by atoms with Gasteiger partial charge in [0, 0.05) is 17.7 Å². The van der Waals surface area contributed by atoms with Gasteiger partial charge >= 0.3 is 0 Å². The number of rotatable bonds is 5. The van der Waals surface area contributed by atoms with Crippen LogP contribution in [0.25, 0.3) is 0 Å². The predicted molar refractivity (Wildman–Crippen MR) is 87.0 cm³/mol. The zero-order valence-corrected chi connectivity index (χ0v) is 13.5. The monoisotopic (exact) mass is 353 g/mol. The van der Waals surface area contributed by atoms with E-state index in [-0.39, 0.29) is 15.8 Å². The van der Waals surface area contributed by atoms with E-state index >= 15 is 0 Å². The summed E-state index contributed by atoms with van der Waals surface area (Å²) in [6.07, 6.45) is 0. The molecule has 2 aromatic rings. The molecule has 23 heavy (non-hydrogen) atoms. The van der Waals surface area contributed by atoms with Crippen LogP contribution in [0.5, 0.6) is 0 Å². The summed E-state index contributed by atoms with van der Waals surface area (Å²) in [4.78, 5) is 12.1. The number of nitrogens with one attached hydrogen (secondary N) is 1. The van der Waals surface area contributed by atoms with Gasteiger partial charge in [0.2, 0.25) is 0 Å². The number of aryl methyl sites for hydroxylation is 1. The molecule has 0 radical (unpaired) electrons. The molecule has 2 rings (SSSR count). The maximum atomic E-state index is 12.1. The second kappa shape index (κ2) is 6.76. The van der Waals surface area contributed by atoms with E-state index in [0.717, 1.165) is 5.56 Å². The van der Waals surface area contributed by atoms with E-state index in [1.807, 2.05) is 11.8 Å². The molecule has 0 aromatic heterocycles. The maximum Gasteiger partial charge on any atom is 0.276 e. The van der Waals surface area contributed by atoms with Crippen LogP contribution in [-0.4, -0.2) is 18.5 Å². The second-order valence-electron chi connectivity index (χ2n) is 4.61. The van der Waals surface area contributed by atoms with Gasteiger partial charge in [-0.15, -0.1) is 0 Å². The highest BCUT2D eigenvalue weighted by molar-refractivity contribution is 7.89. The summed E-state index contributed by atoms with van der Waals surface area (Å²) in [6, 6.07) is 11.5. The minimum absolute atomic E-state index is 0.0556. The van der Waals surface area contributed by atoms with Gasteiger partial charge in [-0.3, -0.25) is 10.1 Å². The van der Waals surface area contributed by atoms with E-state index in [2.05, 4.69) is 5.10 Å². The molecular formula is C14H12ClN3O4S. The van der Waals surface area contributed by atoms with Crippen molar-refractivity contribution in [3.63, 3.8) is 0 Å². The summed E-state index contributed by atoms with van der Waals surface area (Å²) in [6.45, 7) is 1.84. The number of nitrogens with zero attached hydrogens (tertiary/aromatic N) is 2. The van der Waals surface area contributed by atoms with Crippen LogP contribution >= 0.6 is 11.6 Å². The van der Waals surface area contributed by atoms with Gasteiger partial charge in [-0.05, 0) is 31.2 Å². The average Bonchev–Trinajstić information content (AvgIpc) is 2.53. The first-order valence-electron chi connectivity index (χ1n) is 6.36. The highest BCUT2D eigenvalue weighted by atomic mass is 35.5. The van der Waals surface area contributed by atoms with Gasteiger partial charge in [-0.25, -0.2) is 0 Å². The van der Waals surface area contributed by atoms with Crippen molar-refractivity contribution in [1.29, 1.82) is 0 Å². The number of hydrogen-bond donors (Lipinski definition) is 1. The number of sulfonamides is 1. The van der Waals surface area contributed by atoms with Gasteiger partial charge < -0.3 is 0 Å². The van der Waals surface area contributed by atoms with Crippen LogP contribution in [0.2, 0.25) is 0 Å². The number of nitro benzene ring substituents is 1. The number of hydrogen-bond acceptors (Lipinski definition) is 5. The Balaban J connectivity index is 2.18. The molecule has 1 N–H and O–H groups in total. The standard InChI is InChI=1S/C14H12ClN3O4S/c1-10-2-8-13(9-3-10)23(21,22)17-16-14(15)11-4-6-12(7-5-11)18(19)20/h2-9,17H,1H3/b16-14-. The normalized spacial score (nSPS) is 12.0. The van der Waals surface area contributed by atoms with Crippen molar-refractivity contribution in [2.45, 2.75) is 11.8 Å². The van der Waals surface area contributed by atoms with Crippen molar-refractivity contribution in [2.75, 3.05) is 0 Å². The fourth-order valence-corrected chi connectivity index (χ4v) is 2.69. The summed E-state index contributed by atoms with van der Waals surface area (Å²) in [5.41, 5.74) is 1.18. The predicted octanol–water partition coefficient (Wildman–Crippen LogP) is 2.78. The van der Waals surface area contributed by atoms with E-state index in [1.54, 1.807) is 12.1 Å². The van der Waals surface area contributed by atoms with E-state index in [0.29, 0.717) is 5.56 Å². The molecule has 0 spiro atoms. The van der Waals surface area contributed by atoms with Crippen LogP contribution in [0.1, 0.15) is 11.1 Å². The van der Waals surface area contributed by atoms with Gasteiger partial charge in [0.15, 0.2) is 5.17 Å². The van der Waals surface area contributed by atoms with Gasteiger partial charge in [-0.2, -0.15) is 18.4 Å². The van der Waals surface area contributed by atoms with Crippen molar-refractivity contribution in [3.8, 4) is 0 Å². The number of benzene rings is 2. The van der Waals surface area contributed by atoms with Crippen molar-refractivity contribution in [3.05, 3.63) is 69.8 Å². The summed E-state index contributed by atoms with van der Waals surface area (Å²) in [5, 5.41) is 14.1. The smallest absolute Gasteiger partial charge is 0.258 e. The molecule has 120 valence electrons. The summed E-state index contributed by atoms with van der Waals surface area (Å²) >= 11 is 5.91. The lowest BCUT2D eigenvalue weighted by atomic mass is 10.2. The lowest BCUT2D eigenvalue weighted by Crippen LogP contribution is -2.19. The zero-order valence-electron chi connectivity index (χ0n) is 11.9. The number of hydrazone groups is 1. The molecule has 0 fully saturated rings. The summed E-state index contributed by atoms with van der Waals surface area (Å²) in [7, 11) is -3.83. The van der Waals surface area contributed by atoms with Gasteiger partial charge in [0.05, 0.1) is 9.82 Å². The Hall–Kier alpha value is -2.45. The molecule has 0 unspecified atom stereocenters. The molecule has 7 nitrogen and oxygen atoms in total. The average molecular weight is 354 g/mol. The minimum Gasteiger partial charge on any atom is -0.258 e. The molecule has 0 atom stereocenters. The first-order chi connectivity index (χ1) is 10.8. The highest BCUT2D eigenvalue weighted by Gasteiger charge is 2.13. The first kappa shape index (κ1) is 16.9. The third kappa shape index (κ3) is 4.27. The zero-order chi connectivity index (χ0) is 17.0. The van der Waals surface area contributed by atoms with Crippen LogP contribution in [0, 0.1) is 17.0 Å². The quantitative estimate of drug-likeness (QED) is 0.507. The van der Waals surface area contributed by atoms with Gasteiger partial charge in [0.25, 0.3) is 15.7 Å². The maximum absolute atomic E-state index is 12.1. The Morgan fingerprint density at radius 1 is 1.13 bits per heavy atom. The topological polar surface area (TPSA) is 102 Å². The molecule has 2 aromatic carbocycles. The molecule has 0 aliphatic heterocycles. The Morgan fingerprint density at radius 3 is 2.22 bits per heavy atom. The minimum atomic E-state index is -3.83. The van der Waals surface area contributed by atoms with Crippen molar-refractivity contribution in [2.24, 2.45) is 5.10 Å². The van der Waals surface area contributed by atoms with E-state index < -0.39 is 14.9 Å². The fourth-order valence-electron chi connectivity index (χ4n) is 1.66. The molecule has 0 bridgehead atoms. The van der Waals surface area contributed by atoms with Crippen LogP contribution in [0.15, 0.2) is 58.5 Å². The van der Waals surface area contributed by atoms with Crippen molar-refractivity contribution in [1.82, 2.24) is 4.83 Å². The van der Waals surface area contributed by atoms with E-state index in [1.165, 1.54) is 36.4 Å². The van der Waals surface area contributed by atoms with Gasteiger partial charge in [-0.1, -0.05) is 29.3 Å². The number of non-ortho nitro benzene ring substituents is 1. The molecule has 9 heteroatoms. The lowest BCUT2D eigenvalue weighted by molar-refractivity contribution is -0.384. The van der Waals surface area contributed by atoms with Gasteiger partial charge in [0.1, 0.15) is 0 Å². The number of halogens is 1. The summed E-state index contributed by atoms with van der Waals surface area (Å²) < 4.78 is 24.1. The molecule has 0 aliphatic carbocycles. The lowest BCUT2D eigenvalue weighted by Gasteiger charge is -2.05. The van der Waals surface area contributed by atoms with Crippen molar-refractivity contribution >= 4 is 32.5 Å². The van der Waals surface area contributed by atoms with E-state index in [4.69, 9.17) is 11.6 Å². The van der Waals surface area contributed by atoms with Crippen LogP contribution in [0.3, 0.4) is 0 Å². The Kier molecular flexibility index (Phi) is 4.97. The molecular weight excluding hydrogens is 342 g/mol. The third-order valence-corrected chi connectivity index (χ3v) is 4.44. The molecule has 0 amide bonds. The molecule has 0 heterocycles. The van der Waals surface area contributed by atoms with Crippen molar-refractivity contribution < 1.29 is 13.3 Å². The third-order valence-electron chi connectivity index (χ3n) is 2.91. The molecule has 0 saturated carbocycles. The van der Waals surface area contributed by atoms with Crippen LogP contribution < -0.4 is 4.83 Å². The SMILES string of the molecule is Cc1ccc(S(=O)(=O)N/N=C(\Cl)c2ccc([N+](=O)[O-])cc2)cc1. The number of nitro groups is 1. The Labute approximate surface area is 137 Å². The molecule has 0 aliphatic rings. The Bertz CT molecular complexity index is 847. The van der Waals surface area contributed by atoms with Crippen LogP contribution in [-0.2, 0) is 10.0 Å². The highest BCUT2D eigenvalue weighted by Crippen LogP contribution is 2.14. The fraction of sp³-hybridized carbons (Fsp3) is 0.0714. The largest absolute Gasteiger partial charge is 0.276 e. The van der Waals surface area contributed by atoms with E-state index in [9.17, 15) is 18.5 Å². The molecule has 0 saturated heterocycles.